The molecule has 0 saturated heterocycles. The highest BCUT2D eigenvalue weighted by Crippen LogP contribution is 2.18. The van der Waals surface area contributed by atoms with Crippen molar-refractivity contribution in [1.82, 2.24) is 10.2 Å². The second-order valence-electron chi connectivity index (χ2n) is 10.2. The fraction of sp³-hybridized carbons (Fsp3) is 0.467. The summed E-state index contributed by atoms with van der Waals surface area (Å²) in [7, 11) is 0. The molecule has 0 saturated carbocycles. The number of amides is 3. The van der Waals surface area contributed by atoms with Gasteiger partial charge in [0, 0.05) is 13.0 Å². The number of carbonyl (C=O) groups excluding carboxylic acids is 4. The first-order chi connectivity index (χ1) is 19.1. The number of rotatable bonds is 14. The minimum Gasteiger partial charge on any atom is -0.461 e. The van der Waals surface area contributed by atoms with Crippen LogP contribution in [0.4, 0.5) is 9.59 Å². The molecular weight excluding hydrogens is 514 g/mol. The zero-order valence-corrected chi connectivity index (χ0v) is 23.6. The van der Waals surface area contributed by atoms with Crippen LogP contribution in [0.3, 0.4) is 0 Å². The van der Waals surface area contributed by atoms with Gasteiger partial charge in [0.25, 0.3) is 0 Å². The van der Waals surface area contributed by atoms with E-state index in [1.54, 1.807) is 45.0 Å². The van der Waals surface area contributed by atoms with Crippen molar-refractivity contribution >= 4 is 24.1 Å². The van der Waals surface area contributed by atoms with Crippen molar-refractivity contribution in [3.63, 3.8) is 0 Å². The molecule has 0 radical (unpaired) electrons. The lowest BCUT2D eigenvalue weighted by Gasteiger charge is -2.31. The maximum absolute atomic E-state index is 13.3. The molecule has 0 spiro atoms. The summed E-state index contributed by atoms with van der Waals surface area (Å²) in [4.78, 5) is 52.4. The van der Waals surface area contributed by atoms with E-state index in [0.29, 0.717) is 25.8 Å². The minimum atomic E-state index is -1.19. The summed E-state index contributed by atoms with van der Waals surface area (Å²) in [6.45, 7) is 5.63. The average Bonchev–Trinajstić information content (AvgIpc) is 2.92. The predicted octanol–water partition coefficient (Wildman–Crippen LogP) is 4.70. The van der Waals surface area contributed by atoms with Crippen LogP contribution in [0.15, 0.2) is 60.7 Å². The first-order valence-electron chi connectivity index (χ1n) is 13.5. The Kier molecular flexibility index (Phi) is 13.7. The SMILES string of the molecule is CC(C)(C)OC(=O)N(C(=O)OCc1ccccc1)[C@@H](CCCCN)C(=O)NCCCC(=O)OCc1ccccc1. The van der Waals surface area contributed by atoms with Crippen LogP contribution in [0.1, 0.15) is 64.0 Å². The van der Waals surface area contributed by atoms with E-state index >= 15 is 0 Å². The fourth-order valence-corrected chi connectivity index (χ4v) is 3.66. The second-order valence-corrected chi connectivity index (χ2v) is 10.2. The van der Waals surface area contributed by atoms with Crippen LogP contribution >= 0.6 is 0 Å². The number of imide groups is 1. The standard InChI is InChI=1S/C30H41N3O7/c1-30(2,3)40-29(37)33(28(36)39-22-24-15-8-5-9-16-24)25(17-10-11-19-31)27(35)32-20-12-18-26(34)38-21-23-13-6-4-7-14-23/h4-9,13-16,25H,10-12,17-22,31H2,1-3H3,(H,32,35)/t25-/m0/s1. The Morgan fingerprint density at radius 2 is 1.40 bits per heavy atom. The molecule has 0 aliphatic rings. The van der Waals surface area contributed by atoms with Crippen LogP contribution < -0.4 is 11.1 Å². The highest BCUT2D eigenvalue weighted by atomic mass is 16.6. The summed E-state index contributed by atoms with van der Waals surface area (Å²) in [5.74, 6) is -0.949. The van der Waals surface area contributed by atoms with Crippen molar-refractivity contribution in [2.24, 2.45) is 5.73 Å². The number of benzene rings is 2. The third-order valence-corrected chi connectivity index (χ3v) is 5.64. The van der Waals surface area contributed by atoms with Crippen molar-refractivity contribution < 1.29 is 33.4 Å². The van der Waals surface area contributed by atoms with Crippen molar-refractivity contribution in [1.29, 1.82) is 0 Å². The topological polar surface area (TPSA) is 137 Å². The van der Waals surface area contributed by atoms with E-state index in [2.05, 4.69) is 5.32 Å². The fourth-order valence-electron chi connectivity index (χ4n) is 3.66. The molecule has 3 amide bonds. The number of nitrogens with one attached hydrogen (secondary N) is 1. The second kappa shape index (κ2) is 16.9. The molecule has 0 aliphatic heterocycles. The first-order valence-corrected chi connectivity index (χ1v) is 13.5. The average molecular weight is 556 g/mol. The van der Waals surface area contributed by atoms with Crippen molar-refractivity contribution in [3.8, 4) is 0 Å². The van der Waals surface area contributed by atoms with Crippen LogP contribution in [-0.4, -0.2) is 53.7 Å². The van der Waals surface area contributed by atoms with Gasteiger partial charge in [-0.25, -0.2) is 9.59 Å². The third kappa shape index (κ3) is 12.3. The Morgan fingerprint density at radius 3 is 1.95 bits per heavy atom. The molecule has 40 heavy (non-hydrogen) atoms. The van der Waals surface area contributed by atoms with Crippen molar-refractivity contribution in [2.75, 3.05) is 13.1 Å². The van der Waals surface area contributed by atoms with Crippen molar-refractivity contribution in [2.45, 2.75) is 77.7 Å². The summed E-state index contributed by atoms with van der Waals surface area (Å²) >= 11 is 0. The maximum Gasteiger partial charge on any atom is 0.420 e. The Hall–Kier alpha value is -3.92. The number of nitrogens with zero attached hydrogens (tertiary/aromatic N) is 1. The van der Waals surface area contributed by atoms with Gasteiger partial charge in [0.2, 0.25) is 5.91 Å². The quantitative estimate of drug-likeness (QED) is 0.194. The lowest BCUT2D eigenvalue weighted by Crippen LogP contribution is -2.53. The van der Waals surface area contributed by atoms with E-state index in [-0.39, 0.29) is 32.6 Å². The zero-order chi connectivity index (χ0) is 29.4. The highest BCUT2D eigenvalue weighted by molar-refractivity contribution is 5.95. The molecule has 0 fully saturated rings. The van der Waals surface area contributed by atoms with Crippen molar-refractivity contribution in [3.05, 3.63) is 71.8 Å². The third-order valence-electron chi connectivity index (χ3n) is 5.64. The van der Waals surface area contributed by atoms with Gasteiger partial charge in [0.05, 0.1) is 0 Å². The number of esters is 1. The molecule has 1 atom stereocenters. The Balaban J connectivity index is 2.04. The van der Waals surface area contributed by atoms with Gasteiger partial charge in [0.15, 0.2) is 0 Å². The molecule has 0 bridgehead atoms. The maximum atomic E-state index is 13.3. The summed E-state index contributed by atoms with van der Waals surface area (Å²) in [6, 6.07) is 17.1. The molecule has 10 heteroatoms. The highest BCUT2D eigenvalue weighted by Gasteiger charge is 2.38. The molecular formula is C30H41N3O7. The molecule has 0 heterocycles. The minimum absolute atomic E-state index is 0.0821. The number of hydrogen-bond acceptors (Lipinski definition) is 8. The molecule has 218 valence electrons. The normalized spacial score (nSPS) is 11.7. The van der Waals surface area contributed by atoms with Gasteiger partial charge in [-0.1, -0.05) is 60.7 Å². The Labute approximate surface area is 236 Å². The Bertz CT molecular complexity index is 1070. The number of unbranched alkanes of at least 4 members (excludes halogenated alkanes) is 1. The largest absolute Gasteiger partial charge is 0.461 e. The molecule has 2 rings (SSSR count). The first kappa shape index (κ1) is 32.3. The van der Waals surface area contributed by atoms with E-state index in [4.69, 9.17) is 19.9 Å². The number of nitrogens with two attached hydrogens (primary N) is 1. The molecule has 10 nitrogen and oxygen atoms in total. The number of hydrogen-bond donors (Lipinski definition) is 2. The van der Waals surface area contributed by atoms with Gasteiger partial charge in [-0.05, 0) is 64.1 Å². The molecule has 2 aromatic carbocycles. The van der Waals surface area contributed by atoms with Gasteiger partial charge < -0.3 is 25.3 Å². The Morgan fingerprint density at radius 1 is 0.825 bits per heavy atom. The molecule has 2 aromatic rings. The van der Waals surface area contributed by atoms with E-state index in [1.165, 1.54) is 0 Å². The summed E-state index contributed by atoms with van der Waals surface area (Å²) in [5.41, 5.74) is 6.33. The van der Waals surface area contributed by atoms with E-state index < -0.39 is 35.7 Å². The van der Waals surface area contributed by atoms with Gasteiger partial charge in [-0.15, -0.1) is 0 Å². The predicted molar refractivity (Wildman–Crippen MR) is 150 cm³/mol. The monoisotopic (exact) mass is 555 g/mol. The smallest absolute Gasteiger partial charge is 0.420 e. The van der Waals surface area contributed by atoms with E-state index in [9.17, 15) is 19.2 Å². The zero-order valence-electron chi connectivity index (χ0n) is 23.6. The van der Waals surface area contributed by atoms with Gasteiger partial charge >= 0.3 is 18.2 Å². The van der Waals surface area contributed by atoms with Crippen LogP contribution in [0.25, 0.3) is 0 Å². The molecule has 0 unspecified atom stereocenters. The van der Waals surface area contributed by atoms with Crippen LogP contribution in [0.5, 0.6) is 0 Å². The summed E-state index contributed by atoms with van der Waals surface area (Å²) in [5, 5.41) is 2.73. The molecule has 0 aliphatic carbocycles. The molecule has 0 aromatic heterocycles. The van der Waals surface area contributed by atoms with Crippen LogP contribution in [0.2, 0.25) is 0 Å². The number of carbonyl (C=O) groups is 4. The van der Waals surface area contributed by atoms with Crippen LogP contribution in [0, 0.1) is 0 Å². The van der Waals surface area contributed by atoms with Gasteiger partial charge in [0.1, 0.15) is 24.9 Å². The lowest BCUT2D eigenvalue weighted by atomic mass is 10.1. The number of ether oxygens (including phenoxy) is 3. The molecule has 3 N–H and O–H groups in total. The van der Waals surface area contributed by atoms with Gasteiger partial charge in [-0.3, -0.25) is 9.59 Å². The van der Waals surface area contributed by atoms with Crippen LogP contribution in [-0.2, 0) is 37.0 Å². The van der Waals surface area contributed by atoms with E-state index in [1.807, 2.05) is 36.4 Å². The lowest BCUT2D eigenvalue weighted by molar-refractivity contribution is -0.145. The van der Waals surface area contributed by atoms with E-state index in [0.717, 1.165) is 16.0 Å². The summed E-state index contributed by atoms with van der Waals surface area (Å²) < 4.78 is 16.1. The van der Waals surface area contributed by atoms with Gasteiger partial charge in [-0.2, -0.15) is 4.90 Å². The summed E-state index contributed by atoms with van der Waals surface area (Å²) in [6.07, 6.45) is -0.302.